The van der Waals surface area contributed by atoms with Gasteiger partial charge in [-0.2, -0.15) is 0 Å². The van der Waals surface area contributed by atoms with E-state index in [2.05, 4.69) is 20.9 Å². The zero-order valence-electron chi connectivity index (χ0n) is 10.1. The molecule has 0 bridgehead atoms. The fraction of sp³-hybridized carbons (Fsp3) is 0.143. The van der Waals surface area contributed by atoms with Gasteiger partial charge in [0.1, 0.15) is 0 Å². The van der Waals surface area contributed by atoms with E-state index in [0.29, 0.717) is 18.7 Å². The summed E-state index contributed by atoms with van der Waals surface area (Å²) in [4.78, 5) is 18.1. The van der Waals surface area contributed by atoms with Crippen LogP contribution in [-0.4, -0.2) is 10.9 Å². The topological polar surface area (TPSA) is 59.2 Å². The minimum atomic E-state index is 0.0883. The van der Waals surface area contributed by atoms with Crippen LogP contribution in [-0.2, 0) is 17.8 Å². The third kappa shape index (κ3) is 2.33. The lowest BCUT2D eigenvalue weighted by atomic mass is 10.1. The molecule has 5 heteroatoms. The number of pyridine rings is 1. The van der Waals surface area contributed by atoms with Gasteiger partial charge in [0, 0.05) is 22.0 Å². The molecule has 0 saturated carbocycles. The van der Waals surface area contributed by atoms with Gasteiger partial charge in [-0.25, -0.2) is 0 Å². The number of benzene rings is 1. The van der Waals surface area contributed by atoms with E-state index in [1.54, 1.807) is 11.1 Å². The number of nitrogen functional groups attached to an aromatic ring is 1. The summed E-state index contributed by atoms with van der Waals surface area (Å²) < 4.78 is 0.928. The standard InChI is InChI=1S/C14H12BrN3O/c15-10-1-3-12(17-7-10)8-18-13-4-2-11(16)5-9(13)6-14(18)19/h1-5,7H,6,8,16H2. The van der Waals surface area contributed by atoms with Crippen LogP contribution in [0.5, 0.6) is 0 Å². The molecule has 0 saturated heterocycles. The third-order valence-electron chi connectivity index (χ3n) is 3.15. The average Bonchev–Trinajstić information content (AvgIpc) is 2.68. The Hall–Kier alpha value is -1.88. The summed E-state index contributed by atoms with van der Waals surface area (Å²) in [6.07, 6.45) is 2.15. The first kappa shape index (κ1) is 12.2. The second kappa shape index (κ2) is 4.66. The Morgan fingerprint density at radius 1 is 1.32 bits per heavy atom. The van der Waals surface area contributed by atoms with Crippen molar-refractivity contribution in [2.75, 3.05) is 10.6 Å². The van der Waals surface area contributed by atoms with Crippen LogP contribution in [0.15, 0.2) is 41.0 Å². The van der Waals surface area contributed by atoms with Gasteiger partial charge in [0.25, 0.3) is 0 Å². The Kier molecular flexibility index (Phi) is 2.98. The molecule has 2 N–H and O–H groups in total. The molecule has 1 aliphatic rings. The quantitative estimate of drug-likeness (QED) is 0.866. The summed E-state index contributed by atoms with van der Waals surface area (Å²) in [6, 6.07) is 9.41. The molecule has 19 heavy (non-hydrogen) atoms. The molecule has 1 amide bonds. The van der Waals surface area contributed by atoms with Crippen LogP contribution in [0.2, 0.25) is 0 Å². The van der Waals surface area contributed by atoms with E-state index in [0.717, 1.165) is 21.4 Å². The minimum Gasteiger partial charge on any atom is -0.399 e. The monoisotopic (exact) mass is 317 g/mol. The molecule has 1 aliphatic heterocycles. The first-order valence-electron chi connectivity index (χ1n) is 5.93. The van der Waals surface area contributed by atoms with Crippen molar-refractivity contribution in [1.29, 1.82) is 0 Å². The number of carbonyl (C=O) groups excluding carboxylic acids is 1. The van der Waals surface area contributed by atoms with E-state index in [4.69, 9.17) is 5.73 Å². The zero-order chi connectivity index (χ0) is 13.4. The molecular formula is C14H12BrN3O. The Morgan fingerprint density at radius 3 is 2.89 bits per heavy atom. The van der Waals surface area contributed by atoms with Crippen molar-refractivity contribution in [3.63, 3.8) is 0 Å². The third-order valence-corrected chi connectivity index (χ3v) is 3.61. The van der Waals surface area contributed by atoms with Gasteiger partial charge < -0.3 is 10.6 Å². The molecule has 2 aromatic rings. The molecule has 0 atom stereocenters. The summed E-state index contributed by atoms with van der Waals surface area (Å²) in [6.45, 7) is 0.489. The SMILES string of the molecule is Nc1ccc2c(c1)CC(=O)N2Cc1ccc(Br)cn1. The maximum absolute atomic E-state index is 12.1. The normalized spacial score (nSPS) is 13.7. The molecule has 4 nitrogen and oxygen atoms in total. The lowest BCUT2D eigenvalue weighted by Gasteiger charge is -2.17. The summed E-state index contributed by atoms with van der Waals surface area (Å²) in [5.41, 5.74) is 9.22. The maximum Gasteiger partial charge on any atom is 0.231 e. The number of carbonyl (C=O) groups is 1. The van der Waals surface area contributed by atoms with Crippen molar-refractivity contribution in [3.05, 3.63) is 52.3 Å². The second-order valence-electron chi connectivity index (χ2n) is 4.51. The van der Waals surface area contributed by atoms with Gasteiger partial charge >= 0.3 is 0 Å². The number of hydrogen-bond donors (Lipinski definition) is 1. The predicted molar refractivity (Wildman–Crippen MR) is 77.7 cm³/mol. The van der Waals surface area contributed by atoms with Crippen molar-refractivity contribution < 1.29 is 4.79 Å². The summed E-state index contributed by atoms with van der Waals surface area (Å²) in [5.74, 6) is 0.0883. The van der Waals surface area contributed by atoms with Gasteiger partial charge in [0.05, 0.1) is 18.7 Å². The molecule has 2 heterocycles. The van der Waals surface area contributed by atoms with Gasteiger partial charge in [-0.15, -0.1) is 0 Å². The lowest BCUT2D eigenvalue weighted by molar-refractivity contribution is -0.117. The molecular weight excluding hydrogens is 306 g/mol. The number of anilines is 2. The first-order valence-corrected chi connectivity index (χ1v) is 6.72. The van der Waals surface area contributed by atoms with Gasteiger partial charge in [-0.3, -0.25) is 9.78 Å². The largest absolute Gasteiger partial charge is 0.399 e. The molecule has 0 spiro atoms. The number of fused-ring (bicyclic) bond motifs is 1. The maximum atomic E-state index is 12.1. The van der Waals surface area contributed by atoms with Gasteiger partial charge in [-0.05, 0) is 51.8 Å². The van der Waals surface area contributed by atoms with Crippen molar-refractivity contribution >= 4 is 33.2 Å². The van der Waals surface area contributed by atoms with E-state index < -0.39 is 0 Å². The molecule has 0 aliphatic carbocycles. The molecule has 96 valence electrons. The summed E-state index contributed by atoms with van der Waals surface area (Å²) >= 11 is 3.35. The highest BCUT2D eigenvalue weighted by atomic mass is 79.9. The Labute approximate surface area is 119 Å². The number of rotatable bonds is 2. The molecule has 1 aromatic carbocycles. The highest BCUT2D eigenvalue weighted by molar-refractivity contribution is 9.10. The van der Waals surface area contributed by atoms with Crippen LogP contribution < -0.4 is 10.6 Å². The van der Waals surface area contributed by atoms with E-state index >= 15 is 0 Å². The van der Waals surface area contributed by atoms with Crippen molar-refractivity contribution in [3.8, 4) is 0 Å². The fourth-order valence-electron chi connectivity index (χ4n) is 2.24. The Bertz CT molecular complexity index is 640. The van der Waals surface area contributed by atoms with Crippen molar-refractivity contribution in [2.45, 2.75) is 13.0 Å². The molecule has 0 unspecified atom stereocenters. The molecule has 0 fully saturated rings. The number of amides is 1. The molecule has 0 radical (unpaired) electrons. The van der Waals surface area contributed by atoms with Crippen LogP contribution in [0.3, 0.4) is 0 Å². The predicted octanol–water partition coefficient (Wildman–Crippen LogP) is 2.52. The summed E-state index contributed by atoms with van der Waals surface area (Å²) in [5, 5.41) is 0. The number of halogens is 1. The van der Waals surface area contributed by atoms with Crippen LogP contribution in [0.4, 0.5) is 11.4 Å². The van der Waals surface area contributed by atoms with Crippen LogP contribution in [0, 0.1) is 0 Å². The highest BCUT2D eigenvalue weighted by Gasteiger charge is 2.27. The van der Waals surface area contributed by atoms with Crippen molar-refractivity contribution in [1.82, 2.24) is 4.98 Å². The zero-order valence-corrected chi connectivity index (χ0v) is 11.7. The summed E-state index contributed by atoms with van der Waals surface area (Å²) in [7, 11) is 0. The van der Waals surface area contributed by atoms with E-state index in [9.17, 15) is 4.79 Å². The number of nitrogens with zero attached hydrogens (tertiary/aromatic N) is 2. The average molecular weight is 318 g/mol. The highest BCUT2D eigenvalue weighted by Crippen LogP contribution is 2.31. The smallest absolute Gasteiger partial charge is 0.231 e. The van der Waals surface area contributed by atoms with Crippen LogP contribution >= 0.6 is 15.9 Å². The van der Waals surface area contributed by atoms with Crippen molar-refractivity contribution in [2.24, 2.45) is 0 Å². The second-order valence-corrected chi connectivity index (χ2v) is 5.43. The van der Waals surface area contributed by atoms with E-state index in [1.165, 1.54) is 0 Å². The van der Waals surface area contributed by atoms with E-state index in [-0.39, 0.29) is 5.91 Å². The lowest BCUT2D eigenvalue weighted by Crippen LogP contribution is -2.26. The number of hydrogen-bond acceptors (Lipinski definition) is 3. The Balaban J connectivity index is 1.90. The van der Waals surface area contributed by atoms with Crippen LogP contribution in [0.25, 0.3) is 0 Å². The van der Waals surface area contributed by atoms with Crippen LogP contribution in [0.1, 0.15) is 11.3 Å². The fourth-order valence-corrected chi connectivity index (χ4v) is 2.47. The van der Waals surface area contributed by atoms with Gasteiger partial charge in [0.15, 0.2) is 0 Å². The van der Waals surface area contributed by atoms with E-state index in [1.807, 2.05) is 30.3 Å². The molecule has 3 rings (SSSR count). The number of aromatic nitrogens is 1. The van der Waals surface area contributed by atoms with Gasteiger partial charge in [0.2, 0.25) is 5.91 Å². The van der Waals surface area contributed by atoms with Gasteiger partial charge in [-0.1, -0.05) is 0 Å². The first-order chi connectivity index (χ1) is 9.13. The minimum absolute atomic E-state index is 0.0883. The Morgan fingerprint density at radius 2 is 2.16 bits per heavy atom. The molecule has 1 aromatic heterocycles. The number of nitrogens with two attached hydrogens (primary N) is 1.